The van der Waals surface area contributed by atoms with E-state index in [9.17, 15) is 0 Å². The fourth-order valence-corrected chi connectivity index (χ4v) is 1.32. The Morgan fingerprint density at radius 2 is 2.12 bits per heavy atom. The molecule has 0 saturated carbocycles. The lowest BCUT2D eigenvalue weighted by Gasteiger charge is -2.02. The second kappa shape index (κ2) is 4.61. The van der Waals surface area contributed by atoms with Crippen LogP contribution in [0.15, 0.2) is 16.8 Å². The summed E-state index contributed by atoms with van der Waals surface area (Å²) in [6.45, 7) is 4.11. The molecule has 0 spiro atoms. The molecule has 2 aromatic rings. The van der Waals surface area contributed by atoms with E-state index in [4.69, 9.17) is 9.68 Å². The van der Waals surface area contributed by atoms with Crippen LogP contribution in [0.25, 0.3) is 0 Å². The van der Waals surface area contributed by atoms with Crippen LogP contribution in [0.3, 0.4) is 0 Å². The van der Waals surface area contributed by atoms with Crippen molar-refractivity contribution >= 4 is 5.82 Å². The molecular weight excluding hydrogens is 218 g/mol. The van der Waals surface area contributed by atoms with Crippen molar-refractivity contribution in [2.24, 2.45) is 0 Å². The molecule has 0 radical (unpaired) electrons. The van der Waals surface area contributed by atoms with Crippen molar-refractivity contribution in [2.45, 2.75) is 20.4 Å². The van der Waals surface area contributed by atoms with E-state index in [1.54, 1.807) is 0 Å². The van der Waals surface area contributed by atoms with Gasteiger partial charge in [-0.3, -0.25) is 0 Å². The van der Waals surface area contributed by atoms with Gasteiger partial charge in [0.2, 0.25) is 5.89 Å². The van der Waals surface area contributed by atoms with E-state index in [1.807, 2.05) is 19.9 Å². The molecule has 0 aliphatic carbocycles. The SMILES string of the molecule is Cc1nc(CNc2nccnc2C#N)oc1C. The highest BCUT2D eigenvalue weighted by Gasteiger charge is 2.07. The maximum absolute atomic E-state index is 8.83. The Balaban J connectivity index is 2.10. The third kappa shape index (κ3) is 2.39. The summed E-state index contributed by atoms with van der Waals surface area (Å²) in [7, 11) is 0. The van der Waals surface area contributed by atoms with Gasteiger partial charge < -0.3 is 9.73 Å². The third-order valence-corrected chi connectivity index (χ3v) is 2.28. The summed E-state index contributed by atoms with van der Waals surface area (Å²) in [6, 6.07) is 1.96. The van der Waals surface area contributed by atoms with E-state index in [-0.39, 0.29) is 5.69 Å². The number of hydrogen-bond acceptors (Lipinski definition) is 6. The third-order valence-electron chi connectivity index (χ3n) is 2.28. The molecule has 86 valence electrons. The number of hydrogen-bond donors (Lipinski definition) is 1. The highest BCUT2D eigenvalue weighted by molar-refractivity contribution is 5.46. The monoisotopic (exact) mass is 229 g/mol. The minimum atomic E-state index is 0.257. The second-order valence-corrected chi connectivity index (χ2v) is 3.47. The summed E-state index contributed by atoms with van der Waals surface area (Å²) in [5.74, 6) is 1.79. The van der Waals surface area contributed by atoms with E-state index in [1.165, 1.54) is 12.4 Å². The molecule has 0 unspecified atom stereocenters. The fourth-order valence-electron chi connectivity index (χ4n) is 1.32. The number of nitrogens with zero attached hydrogens (tertiary/aromatic N) is 4. The molecule has 0 aromatic carbocycles. The summed E-state index contributed by atoms with van der Waals surface area (Å²) >= 11 is 0. The summed E-state index contributed by atoms with van der Waals surface area (Å²) in [5, 5.41) is 11.8. The van der Waals surface area contributed by atoms with Crippen LogP contribution in [0.1, 0.15) is 23.0 Å². The lowest BCUT2D eigenvalue weighted by Crippen LogP contribution is -2.04. The van der Waals surface area contributed by atoms with Crippen LogP contribution in [-0.2, 0) is 6.54 Å². The zero-order valence-electron chi connectivity index (χ0n) is 9.56. The van der Waals surface area contributed by atoms with Gasteiger partial charge in [-0.15, -0.1) is 0 Å². The van der Waals surface area contributed by atoms with Crippen LogP contribution < -0.4 is 5.32 Å². The minimum Gasteiger partial charge on any atom is -0.444 e. The predicted molar refractivity (Wildman–Crippen MR) is 60.1 cm³/mol. The maximum Gasteiger partial charge on any atom is 0.213 e. The van der Waals surface area contributed by atoms with Crippen LogP contribution in [0.5, 0.6) is 0 Å². The van der Waals surface area contributed by atoms with Crippen molar-refractivity contribution in [1.82, 2.24) is 15.0 Å². The van der Waals surface area contributed by atoms with Gasteiger partial charge in [-0.1, -0.05) is 0 Å². The smallest absolute Gasteiger partial charge is 0.213 e. The van der Waals surface area contributed by atoms with Crippen molar-refractivity contribution in [3.63, 3.8) is 0 Å². The molecule has 0 fully saturated rings. The fraction of sp³-hybridized carbons (Fsp3) is 0.273. The van der Waals surface area contributed by atoms with Gasteiger partial charge in [0.25, 0.3) is 0 Å². The lowest BCUT2D eigenvalue weighted by molar-refractivity contribution is 0.478. The first-order valence-corrected chi connectivity index (χ1v) is 5.08. The first-order valence-electron chi connectivity index (χ1n) is 5.08. The largest absolute Gasteiger partial charge is 0.444 e. The molecule has 0 amide bonds. The molecular formula is C11H11N5O. The average Bonchev–Trinajstić information content (AvgIpc) is 2.66. The topological polar surface area (TPSA) is 87.6 Å². The van der Waals surface area contributed by atoms with Crippen molar-refractivity contribution in [2.75, 3.05) is 5.32 Å². The molecule has 0 saturated heterocycles. The number of rotatable bonds is 3. The molecule has 2 aromatic heterocycles. The molecule has 1 N–H and O–H groups in total. The van der Waals surface area contributed by atoms with E-state index >= 15 is 0 Å². The van der Waals surface area contributed by atoms with Gasteiger partial charge in [0.1, 0.15) is 11.8 Å². The van der Waals surface area contributed by atoms with E-state index in [0.29, 0.717) is 18.3 Å². The average molecular weight is 229 g/mol. The molecule has 0 aliphatic heterocycles. The first kappa shape index (κ1) is 11.1. The number of aryl methyl sites for hydroxylation is 2. The van der Waals surface area contributed by atoms with Crippen molar-refractivity contribution in [1.29, 1.82) is 5.26 Å². The molecule has 2 heterocycles. The van der Waals surface area contributed by atoms with Crippen molar-refractivity contribution in [3.05, 3.63) is 35.4 Å². The normalized spacial score (nSPS) is 9.94. The number of aromatic nitrogens is 3. The second-order valence-electron chi connectivity index (χ2n) is 3.47. The van der Waals surface area contributed by atoms with Gasteiger partial charge in [0.05, 0.1) is 12.2 Å². The van der Waals surface area contributed by atoms with Crippen LogP contribution in [0, 0.1) is 25.2 Å². The number of nitriles is 1. The highest BCUT2D eigenvalue weighted by Crippen LogP contribution is 2.11. The van der Waals surface area contributed by atoms with Gasteiger partial charge in [-0.25, -0.2) is 15.0 Å². The Morgan fingerprint density at radius 3 is 2.76 bits per heavy atom. The number of nitrogens with one attached hydrogen (secondary N) is 1. The van der Waals surface area contributed by atoms with Crippen molar-refractivity contribution < 1.29 is 4.42 Å². The van der Waals surface area contributed by atoms with Gasteiger partial charge in [-0.2, -0.15) is 5.26 Å². The minimum absolute atomic E-state index is 0.257. The Kier molecular flexibility index (Phi) is 3.01. The lowest BCUT2D eigenvalue weighted by atomic mass is 10.4. The molecule has 17 heavy (non-hydrogen) atoms. The zero-order chi connectivity index (χ0) is 12.3. The standard InChI is InChI=1S/C11H11N5O/c1-7-8(2)17-10(16-7)6-15-11-9(5-12)13-3-4-14-11/h3-4H,6H2,1-2H3,(H,14,15). The Bertz CT molecular complexity index is 550. The molecule has 0 aliphatic rings. The molecule has 2 rings (SSSR count). The van der Waals surface area contributed by atoms with Gasteiger partial charge in [0, 0.05) is 12.4 Å². The highest BCUT2D eigenvalue weighted by atomic mass is 16.4. The number of oxazole rings is 1. The summed E-state index contributed by atoms with van der Waals surface area (Å²) in [6.07, 6.45) is 3.00. The van der Waals surface area contributed by atoms with Crippen LogP contribution in [0.4, 0.5) is 5.82 Å². The Labute approximate surface area is 98.3 Å². The van der Waals surface area contributed by atoms with Gasteiger partial charge in [0.15, 0.2) is 11.5 Å². The van der Waals surface area contributed by atoms with Crippen LogP contribution in [-0.4, -0.2) is 15.0 Å². The predicted octanol–water partition coefficient (Wildman–Crippen LogP) is 1.57. The summed E-state index contributed by atoms with van der Waals surface area (Å²) in [4.78, 5) is 12.1. The summed E-state index contributed by atoms with van der Waals surface area (Å²) < 4.78 is 5.40. The Morgan fingerprint density at radius 1 is 1.35 bits per heavy atom. The zero-order valence-corrected chi connectivity index (χ0v) is 9.56. The molecule has 0 bridgehead atoms. The van der Waals surface area contributed by atoms with Crippen LogP contribution >= 0.6 is 0 Å². The summed E-state index contributed by atoms with van der Waals surface area (Å²) in [5.41, 5.74) is 1.12. The number of anilines is 1. The maximum atomic E-state index is 8.83. The molecule has 6 heteroatoms. The Hall–Kier alpha value is -2.42. The van der Waals surface area contributed by atoms with Crippen LogP contribution in [0.2, 0.25) is 0 Å². The quantitative estimate of drug-likeness (QED) is 0.859. The first-order chi connectivity index (χ1) is 8.20. The molecule has 0 atom stereocenters. The van der Waals surface area contributed by atoms with Crippen molar-refractivity contribution in [3.8, 4) is 6.07 Å². The van der Waals surface area contributed by atoms with Gasteiger partial charge >= 0.3 is 0 Å². The van der Waals surface area contributed by atoms with E-state index in [0.717, 1.165) is 11.5 Å². The van der Waals surface area contributed by atoms with E-state index < -0.39 is 0 Å². The molecule has 6 nitrogen and oxygen atoms in total. The van der Waals surface area contributed by atoms with E-state index in [2.05, 4.69) is 20.3 Å². The van der Waals surface area contributed by atoms with Gasteiger partial charge in [-0.05, 0) is 13.8 Å².